The molecule has 0 bridgehead atoms. The van der Waals surface area contributed by atoms with Crippen molar-refractivity contribution in [3.63, 3.8) is 0 Å². The van der Waals surface area contributed by atoms with Crippen molar-refractivity contribution in [1.29, 1.82) is 0 Å². The molecule has 0 radical (unpaired) electrons. The topological polar surface area (TPSA) is 60.7 Å². The normalized spacial score (nSPS) is 10.7. The van der Waals surface area contributed by atoms with Crippen LogP contribution in [0, 0.1) is 13.8 Å². The monoisotopic (exact) mass is 258 g/mol. The molecule has 0 N–H and O–H groups in total. The molecule has 0 atom stereocenters. The van der Waals surface area contributed by atoms with Gasteiger partial charge in [-0.25, -0.2) is 4.98 Å². The van der Waals surface area contributed by atoms with Crippen LogP contribution in [0.15, 0.2) is 18.5 Å². The third kappa shape index (κ3) is 3.05. The van der Waals surface area contributed by atoms with Crippen LogP contribution in [0.1, 0.15) is 40.9 Å². The number of aryl methyl sites for hydroxylation is 3. The molecular formula is C14H18N4O. The highest BCUT2D eigenvalue weighted by atomic mass is 16.1. The van der Waals surface area contributed by atoms with E-state index < -0.39 is 0 Å². The van der Waals surface area contributed by atoms with Gasteiger partial charge >= 0.3 is 0 Å². The van der Waals surface area contributed by atoms with Gasteiger partial charge in [0, 0.05) is 24.5 Å². The van der Waals surface area contributed by atoms with Crippen LogP contribution in [-0.4, -0.2) is 25.5 Å². The molecule has 0 aliphatic carbocycles. The van der Waals surface area contributed by atoms with Gasteiger partial charge in [-0.15, -0.1) is 0 Å². The van der Waals surface area contributed by atoms with Crippen LogP contribution in [0.3, 0.4) is 0 Å². The molecule has 100 valence electrons. The molecule has 5 nitrogen and oxygen atoms in total. The average molecular weight is 258 g/mol. The second kappa shape index (κ2) is 5.73. The minimum Gasteiger partial charge on any atom is -0.335 e. The fourth-order valence-electron chi connectivity index (χ4n) is 2.02. The summed E-state index contributed by atoms with van der Waals surface area (Å²) in [6, 6.07) is 1.79. The van der Waals surface area contributed by atoms with Crippen LogP contribution in [0.25, 0.3) is 0 Å². The lowest BCUT2D eigenvalue weighted by Gasteiger charge is -2.07. The molecule has 0 aromatic carbocycles. The van der Waals surface area contributed by atoms with Gasteiger partial charge in [0.15, 0.2) is 5.78 Å². The molecule has 0 amide bonds. The van der Waals surface area contributed by atoms with Crippen LogP contribution in [0.4, 0.5) is 0 Å². The van der Waals surface area contributed by atoms with Crippen LogP contribution >= 0.6 is 0 Å². The summed E-state index contributed by atoms with van der Waals surface area (Å²) >= 11 is 0. The first-order valence-electron chi connectivity index (χ1n) is 6.46. The molecule has 19 heavy (non-hydrogen) atoms. The van der Waals surface area contributed by atoms with Crippen LogP contribution < -0.4 is 0 Å². The van der Waals surface area contributed by atoms with Gasteiger partial charge in [-0.1, -0.05) is 6.92 Å². The molecule has 0 saturated heterocycles. The first kappa shape index (κ1) is 13.4. The zero-order valence-corrected chi connectivity index (χ0v) is 11.6. The van der Waals surface area contributed by atoms with E-state index in [2.05, 4.69) is 22.1 Å². The van der Waals surface area contributed by atoms with Crippen LogP contribution in [0.5, 0.6) is 0 Å². The van der Waals surface area contributed by atoms with Crippen LogP contribution in [0.2, 0.25) is 0 Å². The SMILES string of the molecule is CCCn1ccnc1CC(=O)c1cc(C)nnc1C. The second-order valence-electron chi connectivity index (χ2n) is 4.62. The van der Waals surface area contributed by atoms with Gasteiger partial charge in [-0.05, 0) is 26.3 Å². The van der Waals surface area contributed by atoms with E-state index >= 15 is 0 Å². The van der Waals surface area contributed by atoms with Crippen molar-refractivity contribution in [3.05, 3.63) is 41.2 Å². The van der Waals surface area contributed by atoms with Crippen molar-refractivity contribution >= 4 is 5.78 Å². The van der Waals surface area contributed by atoms with Gasteiger partial charge in [-0.3, -0.25) is 4.79 Å². The molecule has 0 fully saturated rings. The minimum atomic E-state index is 0.0408. The number of hydrogen-bond donors (Lipinski definition) is 0. The molecule has 0 aliphatic rings. The lowest BCUT2D eigenvalue weighted by Crippen LogP contribution is -2.12. The van der Waals surface area contributed by atoms with Crippen molar-refractivity contribution in [2.75, 3.05) is 0 Å². The Morgan fingerprint density at radius 1 is 1.32 bits per heavy atom. The Morgan fingerprint density at radius 3 is 2.84 bits per heavy atom. The summed E-state index contributed by atoms with van der Waals surface area (Å²) in [6.45, 7) is 6.63. The van der Waals surface area contributed by atoms with Gasteiger partial charge in [0.1, 0.15) is 5.82 Å². The number of aromatic nitrogens is 4. The Balaban J connectivity index is 2.21. The van der Waals surface area contributed by atoms with E-state index in [4.69, 9.17) is 0 Å². The summed E-state index contributed by atoms with van der Waals surface area (Å²) < 4.78 is 2.02. The Morgan fingerprint density at radius 2 is 2.11 bits per heavy atom. The Kier molecular flexibility index (Phi) is 4.04. The van der Waals surface area contributed by atoms with E-state index in [-0.39, 0.29) is 5.78 Å². The predicted molar refractivity (Wildman–Crippen MR) is 72.1 cm³/mol. The molecule has 2 aromatic rings. The number of hydrogen-bond acceptors (Lipinski definition) is 4. The molecule has 2 aromatic heterocycles. The second-order valence-corrected chi connectivity index (χ2v) is 4.62. The van der Waals surface area contributed by atoms with Gasteiger partial charge in [0.2, 0.25) is 0 Å². The maximum absolute atomic E-state index is 12.3. The van der Waals surface area contributed by atoms with E-state index in [1.807, 2.05) is 17.7 Å². The molecule has 0 saturated carbocycles. The first-order chi connectivity index (χ1) is 9.11. The standard InChI is InChI=1S/C14H18N4O/c1-4-6-18-7-5-15-14(18)9-13(19)12-8-10(2)16-17-11(12)3/h5,7-8H,4,6,9H2,1-3H3. The highest BCUT2D eigenvalue weighted by Gasteiger charge is 2.14. The summed E-state index contributed by atoms with van der Waals surface area (Å²) in [5, 5.41) is 7.93. The highest BCUT2D eigenvalue weighted by molar-refractivity contribution is 5.98. The third-order valence-corrected chi connectivity index (χ3v) is 2.99. The highest BCUT2D eigenvalue weighted by Crippen LogP contribution is 2.10. The quantitative estimate of drug-likeness (QED) is 0.771. The lowest BCUT2D eigenvalue weighted by molar-refractivity contribution is 0.0988. The summed E-state index contributed by atoms with van der Waals surface area (Å²) in [4.78, 5) is 16.6. The molecule has 5 heteroatoms. The maximum atomic E-state index is 12.3. The Labute approximate surface area is 112 Å². The molecular weight excluding hydrogens is 240 g/mol. The minimum absolute atomic E-state index is 0.0408. The van der Waals surface area contributed by atoms with E-state index in [1.165, 1.54) is 0 Å². The first-order valence-corrected chi connectivity index (χ1v) is 6.46. The smallest absolute Gasteiger partial charge is 0.172 e. The molecule has 0 unspecified atom stereocenters. The summed E-state index contributed by atoms with van der Waals surface area (Å²) in [7, 11) is 0. The van der Waals surface area contributed by atoms with Gasteiger partial charge in [0.25, 0.3) is 0 Å². The van der Waals surface area contributed by atoms with Gasteiger partial charge < -0.3 is 4.57 Å². The number of Topliss-reactive ketones (excluding diaryl/α,β-unsaturated/α-hetero) is 1. The number of carbonyl (C=O) groups is 1. The molecule has 0 spiro atoms. The maximum Gasteiger partial charge on any atom is 0.172 e. The Hall–Kier alpha value is -2.04. The third-order valence-electron chi connectivity index (χ3n) is 2.99. The average Bonchev–Trinajstić information content (AvgIpc) is 2.80. The van der Waals surface area contributed by atoms with Crippen molar-refractivity contribution < 1.29 is 4.79 Å². The van der Waals surface area contributed by atoms with E-state index in [1.54, 1.807) is 19.2 Å². The number of carbonyl (C=O) groups excluding carboxylic acids is 1. The van der Waals surface area contributed by atoms with Crippen LogP contribution in [-0.2, 0) is 13.0 Å². The largest absolute Gasteiger partial charge is 0.335 e. The summed E-state index contributed by atoms with van der Waals surface area (Å²) in [5.41, 5.74) is 2.06. The fourth-order valence-corrected chi connectivity index (χ4v) is 2.02. The van der Waals surface area contributed by atoms with E-state index in [9.17, 15) is 4.79 Å². The van der Waals surface area contributed by atoms with Crippen molar-refractivity contribution in [1.82, 2.24) is 19.7 Å². The van der Waals surface area contributed by atoms with E-state index in [0.29, 0.717) is 17.7 Å². The van der Waals surface area contributed by atoms with Gasteiger partial charge in [0.05, 0.1) is 17.8 Å². The molecule has 0 aliphatic heterocycles. The summed E-state index contributed by atoms with van der Waals surface area (Å²) in [5.74, 6) is 0.847. The number of rotatable bonds is 5. The zero-order chi connectivity index (χ0) is 13.8. The molecule has 2 rings (SSSR count). The number of nitrogens with zero attached hydrogens (tertiary/aromatic N) is 4. The van der Waals surface area contributed by atoms with Crippen molar-refractivity contribution in [2.24, 2.45) is 0 Å². The fraction of sp³-hybridized carbons (Fsp3) is 0.429. The molecule has 2 heterocycles. The van der Waals surface area contributed by atoms with Crippen molar-refractivity contribution in [2.45, 2.75) is 40.2 Å². The zero-order valence-electron chi connectivity index (χ0n) is 11.6. The van der Waals surface area contributed by atoms with Gasteiger partial charge in [-0.2, -0.15) is 10.2 Å². The lowest BCUT2D eigenvalue weighted by atomic mass is 10.1. The number of ketones is 1. The van der Waals surface area contributed by atoms with E-state index in [0.717, 1.165) is 24.5 Å². The Bertz CT molecular complexity index is 589. The summed E-state index contributed by atoms with van der Waals surface area (Å²) in [6.07, 6.45) is 4.97. The van der Waals surface area contributed by atoms with Crippen molar-refractivity contribution in [3.8, 4) is 0 Å². The predicted octanol–water partition coefficient (Wildman–Crippen LogP) is 2.13. The number of imidazole rings is 1.